The highest BCUT2D eigenvalue weighted by Crippen LogP contribution is 2.26. The highest BCUT2D eigenvalue weighted by Gasteiger charge is 2.36. The number of likely N-dealkylation sites (tertiary alicyclic amines) is 1. The number of morpholine rings is 1. The van der Waals surface area contributed by atoms with E-state index in [0.717, 1.165) is 31.1 Å². The molecule has 4 atom stereocenters. The third-order valence-corrected chi connectivity index (χ3v) is 5.93. The lowest BCUT2D eigenvalue weighted by Gasteiger charge is -2.37. The molecule has 24 heavy (non-hydrogen) atoms. The van der Waals surface area contributed by atoms with Crippen molar-refractivity contribution in [1.82, 2.24) is 9.80 Å². The lowest BCUT2D eigenvalue weighted by molar-refractivity contribution is -0.129. The van der Waals surface area contributed by atoms with Crippen LogP contribution in [-0.2, 0) is 16.0 Å². The van der Waals surface area contributed by atoms with Crippen molar-refractivity contribution in [3.63, 3.8) is 0 Å². The molecule has 2 fully saturated rings. The summed E-state index contributed by atoms with van der Waals surface area (Å²) in [5.74, 6) is 0.715. The minimum atomic E-state index is 0.156. The minimum absolute atomic E-state index is 0.156. The maximum absolute atomic E-state index is 12.5. The van der Waals surface area contributed by atoms with Gasteiger partial charge in [0.1, 0.15) is 0 Å². The molecule has 0 saturated carbocycles. The molecule has 1 aromatic heterocycles. The second-order valence-electron chi connectivity index (χ2n) is 7.23. The zero-order valence-corrected chi connectivity index (χ0v) is 15.4. The van der Waals surface area contributed by atoms with Gasteiger partial charge in [-0.2, -0.15) is 0 Å². The predicted molar refractivity (Wildman–Crippen MR) is 95.1 cm³/mol. The van der Waals surface area contributed by atoms with Crippen LogP contribution in [-0.4, -0.2) is 72.4 Å². The zero-order valence-electron chi connectivity index (χ0n) is 14.6. The van der Waals surface area contributed by atoms with Crippen LogP contribution in [0.4, 0.5) is 0 Å². The molecule has 0 radical (unpaired) electrons. The van der Waals surface area contributed by atoms with Crippen LogP contribution in [0.25, 0.3) is 0 Å². The second-order valence-corrected chi connectivity index (χ2v) is 8.27. The highest BCUT2D eigenvalue weighted by atomic mass is 32.1. The number of hydrogen-bond donors (Lipinski definition) is 1. The van der Waals surface area contributed by atoms with Crippen LogP contribution in [0.15, 0.2) is 17.5 Å². The van der Waals surface area contributed by atoms with Gasteiger partial charge in [-0.1, -0.05) is 6.07 Å². The average molecular weight is 353 g/mol. The first-order valence-corrected chi connectivity index (χ1v) is 9.72. The van der Waals surface area contributed by atoms with Crippen molar-refractivity contribution in [2.24, 2.45) is 11.8 Å². The number of nitrogens with zero attached hydrogens (tertiary/aromatic N) is 2. The van der Waals surface area contributed by atoms with Crippen molar-refractivity contribution in [2.75, 3.05) is 39.3 Å². The summed E-state index contributed by atoms with van der Waals surface area (Å²) in [6.07, 6.45) is 0.979. The Labute approximate surface area is 148 Å². The topological polar surface area (TPSA) is 53.0 Å². The van der Waals surface area contributed by atoms with Gasteiger partial charge in [-0.05, 0) is 31.2 Å². The number of carbonyl (C=O) groups excluding carboxylic acids is 1. The van der Waals surface area contributed by atoms with Crippen LogP contribution in [0.2, 0.25) is 0 Å². The average Bonchev–Trinajstić information content (AvgIpc) is 3.15. The first-order valence-electron chi connectivity index (χ1n) is 8.84. The first-order chi connectivity index (χ1) is 11.5. The maximum atomic E-state index is 12.5. The molecule has 0 aromatic carbocycles. The molecule has 3 rings (SSSR count). The number of amides is 1. The monoisotopic (exact) mass is 352 g/mol. The fourth-order valence-electron chi connectivity index (χ4n) is 4.00. The summed E-state index contributed by atoms with van der Waals surface area (Å²) in [6.45, 7) is 8.62. The van der Waals surface area contributed by atoms with Gasteiger partial charge in [0.25, 0.3) is 0 Å². The third-order valence-electron chi connectivity index (χ3n) is 5.06. The van der Waals surface area contributed by atoms with E-state index in [2.05, 4.69) is 18.7 Å². The summed E-state index contributed by atoms with van der Waals surface area (Å²) in [5.41, 5.74) is 0. The number of ether oxygens (including phenoxy) is 1. The Morgan fingerprint density at radius 3 is 2.58 bits per heavy atom. The first kappa shape index (κ1) is 17.9. The summed E-state index contributed by atoms with van der Waals surface area (Å²) >= 11 is 1.63. The number of aliphatic hydroxyl groups excluding tert-OH is 1. The van der Waals surface area contributed by atoms with Crippen molar-refractivity contribution in [3.8, 4) is 0 Å². The summed E-state index contributed by atoms with van der Waals surface area (Å²) in [5, 5.41) is 11.8. The lowest BCUT2D eigenvalue weighted by atomic mass is 9.96. The standard InChI is InChI=1S/C18H28N2O3S/c1-13-7-19(8-14(2)23-13)9-15-10-20(11-16(15)12-21)18(22)6-17-4-3-5-24-17/h3-5,13-16,21H,6-12H2,1-2H3. The van der Waals surface area contributed by atoms with Gasteiger partial charge in [-0.3, -0.25) is 9.69 Å². The van der Waals surface area contributed by atoms with Crippen LogP contribution in [0.3, 0.4) is 0 Å². The second kappa shape index (κ2) is 7.95. The normalized spacial score (nSPS) is 31.5. The maximum Gasteiger partial charge on any atom is 0.227 e. The smallest absolute Gasteiger partial charge is 0.227 e. The quantitative estimate of drug-likeness (QED) is 0.872. The predicted octanol–water partition coefficient (Wildman–Crippen LogP) is 1.47. The van der Waals surface area contributed by atoms with E-state index in [4.69, 9.17) is 4.74 Å². The fraction of sp³-hybridized carbons (Fsp3) is 0.722. The van der Waals surface area contributed by atoms with Crippen LogP contribution in [0.5, 0.6) is 0 Å². The Morgan fingerprint density at radius 2 is 1.96 bits per heavy atom. The SMILES string of the molecule is CC1CN(CC2CN(C(=O)Cc3cccs3)CC2CO)CC(C)O1. The van der Waals surface area contributed by atoms with Gasteiger partial charge in [-0.15, -0.1) is 11.3 Å². The van der Waals surface area contributed by atoms with E-state index in [1.165, 1.54) is 0 Å². The Bertz CT molecular complexity index is 526. The third kappa shape index (κ3) is 4.36. The molecule has 2 aliphatic heterocycles. The molecule has 2 saturated heterocycles. The van der Waals surface area contributed by atoms with Gasteiger partial charge in [0.2, 0.25) is 5.91 Å². The Kier molecular flexibility index (Phi) is 5.92. The summed E-state index contributed by atoms with van der Waals surface area (Å²) in [4.78, 5) is 18.0. The van der Waals surface area contributed by atoms with E-state index in [9.17, 15) is 9.90 Å². The summed E-state index contributed by atoms with van der Waals surface area (Å²) < 4.78 is 5.80. The van der Waals surface area contributed by atoms with Crippen LogP contribution >= 0.6 is 11.3 Å². The van der Waals surface area contributed by atoms with Crippen molar-refractivity contribution in [3.05, 3.63) is 22.4 Å². The number of rotatable bonds is 5. The van der Waals surface area contributed by atoms with Crippen molar-refractivity contribution < 1.29 is 14.6 Å². The van der Waals surface area contributed by atoms with Gasteiger partial charge < -0.3 is 14.7 Å². The molecule has 3 heterocycles. The Morgan fingerprint density at radius 1 is 1.25 bits per heavy atom. The van der Waals surface area contributed by atoms with E-state index < -0.39 is 0 Å². The van der Waals surface area contributed by atoms with Crippen molar-refractivity contribution >= 4 is 17.2 Å². The van der Waals surface area contributed by atoms with Gasteiger partial charge in [0.05, 0.1) is 18.6 Å². The van der Waals surface area contributed by atoms with Crippen LogP contribution in [0.1, 0.15) is 18.7 Å². The summed E-state index contributed by atoms with van der Waals surface area (Å²) in [7, 11) is 0. The van der Waals surface area contributed by atoms with E-state index in [1.807, 2.05) is 22.4 Å². The van der Waals surface area contributed by atoms with Gasteiger partial charge in [0.15, 0.2) is 0 Å². The number of hydrogen-bond acceptors (Lipinski definition) is 5. The molecule has 0 spiro atoms. The number of thiophene rings is 1. The van der Waals surface area contributed by atoms with E-state index in [0.29, 0.717) is 18.9 Å². The molecule has 4 unspecified atom stereocenters. The van der Waals surface area contributed by atoms with E-state index >= 15 is 0 Å². The van der Waals surface area contributed by atoms with Gasteiger partial charge in [0, 0.05) is 50.1 Å². The highest BCUT2D eigenvalue weighted by molar-refractivity contribution is 7.10. The van der Waals surface area contributed by atoms with E-state index in [-0.39, 0.29) is 30.6 Å². The molecule has 134 valence electrons. The Hall–Kier alpha value is -0.950. The molecule has 1 aromatic rings. The lowest BCUT2D eigenvalue weighted by Crippen LogP contribution is -2.48. The number of carbonyl (C=O) groups is 1. The van der Waals surface area contributed by atoms with Crippen molar-refractivity contribution in [1.29, 1.82) is 0 Å². The van der Waals surface area contributed by atoms with Gasteiger partial charge in [-0.25, -0.2) is 0 Å². The molecule has 1 N–H and O–H groups in total. The molecule has 0 bridgehead atoms. The summed E-state index contributed by atoms with van der Waals surface area (Å²) in [6, 6.07) is 3.99. The van der Waals surface area contributed by atoms with E-state index in [1.54, 1.807) is 11.3 Å². The Balaban J connectivity index is 1.56. The largest absolute Gasteiger partial charge is 0.396 e. The number of aliphatic hydroxyl groups is 1. The molecular formula is C18H28N2O3S. The zero-order chi connectivity index (χ0) is 17.1. The molecule has 2 aliphatic rings. The molecule has 0 aliphatic carbocycles. The molecule has 1 amide bonds. The van der Waals surface area contributed by atoms with Crippen molar-refractivity contribution in [2.45, 2.75) is 32.5 Å². The molecule has 5 nitrogen and oxygen atoms in total. The molecule has 6 heteroatoms. The molecular weight excluding hydrogens is 324 g/mol. The fourth-order valence-corrected chi connectivity index (χ4v) is 4.69. The minimum Gasteiger partial charge on any atom is -0.396 e. The van der Waals surface area contributed by atoms with Crippen LogP contribution in [0, 0.1) is 11.8 Å². The van der Waals surface area contributed by atoms with Crippen LogP contribution < -0.4 is 0 Å². The van der Waals surface area contributed by atoms with Gasteiger partial charge >= 0.3 is 0 Å².